The second kappa shape index (κ2) is 7.40. The molecule has 0 fully saturated rings. The van der Waals surface area contributed by atoms with E-state index >= 15 is 0 Å². The summed E-state index contributed by atoms with van der Waals surface area (Å²) in [5.74, 6) is 0.347. The van der Waals surface area contributed by atoms with Crippen molar-refractivity contribution in [2.45, 2.75) is 23.5 Å². The van der Waals surface area contributed by atoms with Crippen LogP contribution in [-0.4, -0.2) is 27.5 Å². The Hall–Kier alpha value is -1.40. The van der Waals surface area contributed by atoms with E-state index in [1.54, 1.807) is 18.0 Å². The first kappa shape index (κ1) is 15.0. The second-order valence-corrected chi connectivity index (χ2v) is 5.89. The molecular formula is C14H17N3OS2. The van der Waals surface area contributed by atoms with Gasteiger partial charge in [0.15, 0.2) is 5.16 Å². The Morgan fingerprint density at radius 3 is 3.05 bits per heavy atom. The highest BCUT2D eigenvalue weighted by Gasteiger charge is 2.07. The molecule has 0 radical (unpaired) electrons. The zero-order chi connectivity index (χ0) is 14.4. The minimum Gasteiger partial charge on any atom is -0.326 e. The average Bonchev–Trinajstić information content (AvgIpc) is 2.93. The first-order chi connectivity index (χ1) is 9.72. The van der Waals surface area contributed by atoms with Crippen LogP contribution in [0.3, 0.4) is 0 Å². The smallest absolute Gasteiger partial charge is 0.234 e. The molecule has 1 aromatic carbocycles. The maximum absolute atomic E-state index is 11.9. The summed E-state index contributed by atoms with van der Waals surface area (Å²) in [6.07, 6.45) is 5.69. The maximum atomic E-state index is 11.9. The van der Waals surface area contributed by atoms with E-state index < -0.39 is 0 Å². The van der Waals surface area contributed by atoms with Gasteiger partial charge in [0.25, 0.3) is 0 Å². The number of carbonyl (C=O) groups excluding carboxylic acids is 1. The van der Waals surface area contributed by atoms with Gasteiger partial charge in [0.05, 0.1) is 5.75 Å². The zero-order valence-corrected chi connectivity index (χ0v) is 13.1. The third-order valence-electron chi connectivity index (χ3n) is 2.70. The lowest BCUT2D eigenvalue weighted by Gasteiger charge is -2.07. The first-order valence-electron chi connectivity index (χ1n) is 6.30. The van der Waals surface area contributed by atoms with Gasteiger partial charge in [-0.25, -0.2) is 4.98 Å². The van der Waals surface area contributed by atoms with Crippen molar-refractivity contribution in [3.05, 3.63) is 36.7 Å². The molecule has 6 heteroatoms. The number of thioether (sulfide) groups is 2. The summed E-state index contributed by atoms with van der Waals surface area (Å²) in [5, 5.41) is 3.78. The number of amides is 1. The van der Waals surface area contributed by atoms with Crippen LogP contribution < -0.4 is 5.32 Å². The van der Waals surface area contributed by atoms with Crippen molar-refractivity contribution in [2.24, 2.45) is 0 Å². The van der Waals surface area contributed by atoms with E-state index in [9.17, 15) is 4.79 Å². The summed E-state index contributed by atoms with van der Waals surface area (Å²) in [5.41, 5.74) is 0.835. The fourth-order valence-corrected chi connectivity index (χ4v) is 2.99. The lowest BCUT2D eigenvalue weighted by atomic mass is 10.3. The Balaban J connectivity index is 1.89. The molecule has 106 valence electrons. The van der Waals surface area contributed by atoms with E-state index in [0.717, 1.165) is 22.3 Å². The van der Waals surface area contributed by atoms with Gasteiger partial charge in [0.2, 0.25) is 5.91 Å². The number of anilines is 1. The van der Waals surface area contributed by atoms with Crippen LogP contribution in [0, 0.1) is 0 Å². The van der Waals surface area contributed by atoms with E-state index in [4.69, 9.17) is 0 Å². The predicted molar refractivity (Wildman–Crippen MR) is 85.5 cm³/mol. The second-order valence-electron chi connectivity index (χ2n) is 4.06. The van der Waals surface area contributed by atoms with Crippen LogP contribution in [0.1, 0.15) is 6.92 Å². The number of carbonyl (C=O) groups is 1. The van der Waals surface area contributed by atoms with Crippen molar-refractivity contribution < 1.29 is 4.79 Å². The summed E-state index contributed by atoms with van der Waals surface area (Å²) in [6, 6.07) is 7.83. The minimum absolute atomic E-state index is 0.0149. The lowest BCUT2D eigenvalue weighted by molar-refractivity contribution is -0.113. The number of imidazole rings is 1. The summed E-state index contributed by atoms with van der Waals surface area (Å²) in [4.78, 5) is 17.3. The summed E-state index contributed by atoms with van der Waals surface area (Å²) < 4.78 is 2.02. The molecule has 0 atom stereocenters. The largest absolute Gasteiger partial charge is 0.326 e. The number of hydrogen-bond donors (Lipinski definition) is 1. The van der Waals surface area contributed by atoms with Gasteiger partial charge in [-0.2, -0.15) is 0 Å². The molecule has 2 aromatic rings. The van der Waals surface area contributed by atoms with Gasteiger partial charge in [-0.3, -0.25) is 4.79 Å². The molecule has 1 amide bonds. The highest BCUT2D eigenvalue weighted by Crippen LogP contribution is 2.20. The Morgan fingerprint density at radius 1 is 1.45 bits per heavy atom. The highest BCUT2D eigenvalue weighted by atomic mass is 32.2. The van der Waals surface area contributed by atoms with Crippen LogP contribution in [0.25, 0.3) is 0 Å². The van der Waals surface area contributed by atoms with Gasteiger partial charge < -0.3 is 9.88 Å². The number of benzene rings is 1. The standard InChI is InChI=1S/C14H17N3OS2/c1-3-17-8-7-15-14(17)20-10-13(18)16-11-5-4-6-12(9-11)19-2/h4-9H,3,10H2,1-2H3,(H,16,18). The number of aryl methyl sites for hydroxylation is 1. The third kappa shape index (κ3) is 4.05. The van der Waals surface area contributed by atoms with E-state index in [0.29, 0.717) is 5.75 Å². The fraction of sp³-hybridized carbons (Fsp3) is 0.286. The molecular weight excluding hydrogens is 290 g/mol. The predicted octanol–water partition coefficient (Wildman–Crippen LogP) is 3.36. The molecule has 2 rings (SSSR count). The van der Waals surface area contributed by atoms with E-state index in [-0.39, 0.29) is 5.91 Å². The number of nitrogens with zero attached hydrogens (tertiary/aromatic N) is 2. The van der Waals surface area contributed by atoms with Crippen molar-refractivity contribution >= 4 is 35.1 Å². The number of hydrogen-bond acceptors (Lipinski definition) is 4. The zero-order valence-electron chi connectivity index (χ0n) is 11.5. The van der Waals surface area contributed by atoms with Crippen LogP contribution >= 0.6 is 23.5 Å². The van der Waals surface area contributed by atoms with Gasteiger partial charge in [0.1, 0.15) is 0 Å². The molecule has 1 aromatic heterocycles. The van der Waals surface area contributed by atoms with Crippen molar-refractivity contribution in [3.8, 4) is 0 Å². The highest BCUT2D eigenvalue weighted by molar-refractivity contribution is 7.99. The van der Waals surface area contributed by atoms with E-state index in [2.05, 4.69) is 17.2 Å². The lowest BCUT2D eigenvalue weighted by Crippen LogP contribution is -2.14. The molecule has 1 N–H and O–H groups in total. The van der Waals surface area contributed by atoms with Crippen LogP contribution in [-0.2, 0) is 11.3 Å². The van der Waals surface area contributed by atoms with Gasteiger partial charge in [-0.05, 0) is 31.4 Å². The van der Waals surface area contributed by atoms with E-state index in [1.807, 2.05) is 41.3 Å². The van der Waals surface area contributed by atoms with E-state index in [1.165, 1.54) is 11.8 Å². The molecule has 1 heterocycles. The molecule has 0 bridgehead atoms. The normalized spacial score (nSPS) is 10.5. The number of aromatic nitrogens is 2. The Labute approximate surface area is 127 Å². The first-order valence-corrected chi connectivity index (χ1v) is 8.51. The fourth-order valence-electron chi connectivity index (χ4n) is 1.70. The monoisotopic (exact) mass is 307 g/mol. The summed E-state index contributed by atoms with van der Waals surface area (Å²) in [6.45, 7) is 2.92. The molecule has 0 saturated heterocycles. The van der Waals surface area contributed by atoms with Crippen LogP contribution in [0.2, 0.25) is 0 Å². The number of nitrogens with one attached hydrogen (secondary N) is 1. The summed E-state index contributed by atoms with van der Waals surface area (Å²) in [7, 11) is 0. The molecule has 0 aliphatic carbocycles. The molecule has 0 aliphatic rings. The van der Waals surface area contributed by atoms with Crippen LogP contribution in [0.15, 0.2) is 46.7 Å². The molecule has 0 aliphatic heterocycles. The molecule has 4 nitrogen and oxygen atoms in total. The quantitative estimate of drug-likeness (QED) is 0.831. The van der Waals surface area contributed by atoms with Crippen LogP contribution in [0.5, 0.6) is 0 Å². The molecule has 0 unspecified atom stereocenters. The summed E-state index contributed by atoms with van der Waals surface area (Å²) >= 11 is 3.11. The Kier molecular flexibility index (Phi) is 5.55. The van der Waals surface area contributed by atoms with Crippen molar-refractivity contribution in [2.75, 3.05) is 17.3 Å². The van der Waals surface area contributed by atoms with Crippen molar-refractivity contribution in [3.63, 3.8) is 0 Å². The molecule has 0 saturated carbocycles. The SMILES string of the molecule is CCn1ccnc1SCC(=O)Nc1cccc(SC)c1. The van der Waals surface area contributed by atoms with Gasteiger partial charge in [0, 0.05) is 29.5 Å². The van der Waals surface area contributed by atoms with Crippen LogP contribution in [0.4, 0.5) is 5.69 Å². The Morgan fingerprint density at radius 2 is 2.30 bits per heavy atom. The molecule has 20 heavy (non-hydrogen) atoms. The molecule has 0 spiro atoms. The maximum Gasteiger partial charge on any atom is 0.234 e. The topological polar surface area (TPSA) is 46.9 Å². The average molecular weight is 307 g/mol. The van der Waals surface area contributed by atoms with Gasteiger partial charge in [-0.1, -0.05) is 17.8 Å². The van der Waals surface area contributed by atoms with Crippen molar-refractivity contribution in [1.29, 1.82) is 0 Å². The van der Waals surface area contributed by atoms with Gasteiger partial charge in [-0.15, -0.1) is 11.8 Å². The Bertz CT molecular complexity index is 583. The van der Waals surface area contributed by atoms with Gasteiger partial charge >= 0.3 is 0 Å². The van der Waals surface area contributed by atoms with Crippen molar-refractivity contribution in [1.82, 2.24) is 9.55 Å². The number of rotatable bonds is 6. The minimum atomic E-state index is -0.0149. The third-order valence-corrected chi connectivity index (χ3v) is 4.43.